The first-order chi connectivity index (χ1) is 24.5. The highest BCUT2D eigenvalue weighted by Crippen LogP contribution is 2.25. The number of aryl methyl sites for hydroxylation is 6. The zero-order valence-corrected chi connectivity index (χ0v) is 28.6. The van der Waals surface area contributed by atoms with Crippen molar-refractivity contribution in [2.75, 3.05) is 10.6 Å². The number of nitrogens with one attached hydrogen (secondary N) is 3. The van der Waals surface area contributed by atoms with Gasteiger partial charge in [0.25, 0.3) is 17.7 Å². The Morgan fingerprint density at radius 2 is 1.14 bits per heavy atom. The molecule has 0 bridgehead atoms. The summed E-state index contributed by atoms with van der Waals surface area (Å²) in [6.07, 6.45) is 1.21. The number of unbranched alkanes of at least 4 members (excludes halogenated alkanes) is 1. The van der Waals surface area contributed by atoms with Crippen molar-refractivity contribution in [3.05, 3.63) is 82.4 Å². The van der Waals surface area contributed by atoms with Crippen LogP contribution in [0.3, 0.4) is 0 Å². The van der Waals surface area contributed by atoms with E-state index in [0.29, 0.717) is 95.4 Å². The average molecular weight is 695 g/mol. The van der Waals surface area contributed by atoms with Gasteiger partial charge in [-0.3, -0.25) is 39.8 Å². The van der Waals surface area contributed by atoms with Gasteiger partial charge in [-0.15, -0.1) is 0 Å². The molecule has 6 rings (SSSR count). The Balaban J connectivity index is 1.27. The van der Waals surface area contributed by atoms with Crippen LogP contribution in [0.15, 0.2) is 48.5 Å². The summed E-state index contributed by atoms with van der Waals surface area (Å²) in [5.41, 5.74) is 6.98. The third-order valence-electron chi connectivity index (χ3n) is 8.47. The van der Waals surface area contributed by atoms with E-state index < -0.39 is 11.9 Å². The summed E-state index contributed by atoms with van der Waals surface area (Å²) in [6.45, 7) is 9.29. The number of carboxylic acid groups (broad SMARTS) is 1. The molecule has 0 aliphatic carbocycles. The van der Waals surface area contributed by atoms with Gasteiger partial charge in [0, 0.05) is 31.7 Å². The smallest absolute Gasteiger partial charge is 0.335 e. The Labute approximate surface area is 291 Å². The van der Waals surface area contributed by atoms with Crippen LogP contribution >= 0.6 is 0 Å². The maximum absolute atomic E-state index is 13.4. The number of rotatable bonds is 13. The fourth-order valence-corrected chi connectivity index (χ4v) is 6.07. The molecule has 3 amide bonds. The van der Waals surface area contributed by atoms with Crippen LogP contribution in [-0.2, 0) is 26.2 Å². The number of nitrogens with zero attached hydrogens (tertiary/aromatic N) is 8. The number of hydrazine groups is 1. The second kappa shape index (κ2) is 14.2. The summed E-state index contributed by atoms with van der Waals surface area (Å²) in [6, 6.07) is 13.0. The molecule has 2 aromatic carbocycles. The van der Waals surface area contributed by atoms with Gasteiger partial charge in [-0.25, -0.2) is 20.6 Å². The van der Waals surface area contributed by atoms with Crippen LogP contribution in [-0.4, -0.2) is 67.5 Å². The van der Waals surface area contributed by atoms with E-state index in [0.717, 1.165) is 0 Å². The molecular formula is C34H38N12O5. The molecule has 0 radical (unpaired) electrons. The zero-order valence-electron chi connectivity index (χ0n) is 28.6. The molecule has 264 valence electrons. The molecule has 6 N–H and O–H groups in total. The maximum Gasteiger partial charge on any atom is 0.335 e. The first-order valence-corrected chi connectivity index (χ1v) is 16.5. The number of imidazole rings is 2. The Hall–Kier alpha value is -6.36. The lowest BCUT2D eigenvalue weighted by Gasteiger charge is -2.13. The summed E-state index contributed by atoms with van der Waals surface area (Å²) in [5, 5.41) is 24.1. The highest BCUT2D eigenvalue weighted by Gasteiger charge is 2.21. The molecular weight excluding hydrogens is 656 g/mol. The first-order valence-electron chi connectivity index (χ1n) is 16.5. The number of carbonyl (C=O) groups excluding carboxylic acids is 3. The Morgan fingerprint density at radius 3 is 1.57 bits per heavy atom. The standard InChI is InChI=1S/C34H38N12O5/c1-5-45-27(15-19(3)41-45)30(48)38-33-36-23-17-21(29(47)40-35)9-11-25(23)43(33)13-7-8-14-44-26-12-10-22(32(50)51)18-24(26)37-34(44)39-31(49)28-16-20(4)42-46(28)6-2/h9-12,15-18H,5-8,13-14,35H2,1-4H3,(H,40,47)(H,50,51)(H,36,38,48)(H,37,39,49). The Bertz CT molecular complexity index is 2310. The van der Waals surface area contributed by atoms with Crippen LogP contribution in [0.1, 0.15) is 79.8 Å². The lowest BCUT2D eigenvalue weighted by Crippen LogP contribution is -2.29. The Kier molecular flexibility index (Phi) is 9.63. The number of amides is 3. The average Bonchev–Trinajstić information content (AvgIpc) is 3.87. The van der Waals surface area contributed by atoms with E-state index in [1.807, 2.05) is 36.8 Å². The molecule has 0 aliphatic rings. The van der Waals surface area contributed by atoms with Crippen molar-refractivity contribution < 1.29 is 24.3 Å². The second-order valence-electron chi connectivity index (χ2n) is 11.9. The predicted molar refractivity (Wildman–Crippen MR) is 188 cm³/mol. The number of benzene rings is 2. The highest BCUT2D eigenvalue weighted by molar-refractivity contribution is 6.04. The molecule has 0 spiro atoms. The van der Waals surface area contributed by atoms with Gasteiger partial charge in [0.15, 0.2) is 0 Å². The Morgan fingerprint density at radius 1 is 0.686 bits per heavy atom. The number of fused-ring (bicyclic) bond motifs is 2. The number of carboxylic acids is 1. The molecule has 51 heavy (non-hydrogen) atoms. The van der Waals surface area contributed by atoms with Gasteiger partial charge < -0.3 is 14.2 Å². The molecule has 17 nitrogen and oxygen atoms in total. The molecule has 4 aromatic heterocycles. The summed E-state index contributed by atoms with van der Waals surface area (Å²) >= 11 is 0. The van der Waals surface area contributed by atoms with Crippen LogP contribution in [0.4, 0.5) is 11.9 Å². The van der Waals surface area contributed by atoms with E-state index in [-0.39, 0.29) is 23.3 Å². The highest BCUT2D eigenvalue weighted by atomic mass is 16.4. The fourth-order valence-electron chi connectivity index (χ4n) is 6.07. The number of hydrogen-bond acceptors (Lipinski definition) is 9. The van der Waals surface area contributed by atoms with Crippen LogP contribution in [0, 0.1) is 13.8 Å². The quantitative estimate of drug-likeness (QED) is 0.0510. The van der Waals surface area contributed by atoms with Crippen molar-refractivity contribution in [2.45, 2.75) is 66.7 Å². The minimum atomic E-state index is -1.08. The van der Waals surface area contributed by atoms with Crippen molar-refractivity contribution in [3.63, 3.8) is 0 Å². The number of nitrogens with two attached hydrogens (primary N) is 1. The molecule has 0 saturated heterocycles. The van der Waals surface area contributed by atoms with Gasteiger partial charge in [0.05, 0.1) is 39.0 Å². The third kappa shape index (κ3) is 6.91. The van der Waals surface area contributed by atoms with E-state index >= 15 is 0 Å². The van der Waals surface area contributed by atoms with E-state index in [4.69, 9.17) is 5.84 Å². The third-order valence-corrected chi connectivity index (χ3v) is 8.47. The van der Waals surface area contributed by atoms with Gasteiger partial charge >= 0.3 is 5.97 Å². The number of nitrogen functional groups attached to an aromatic ring is 1. The minimum Gasteiger partial charge on any atom is -0.478 e. The number of hydrogen-bond donors (Lipinski definition) is 5. The van der Waals surface area contributed by atoms with Crippen molar-refractivity contribution in [3.8, 4) is 0 Å². The maximum atomic E-state index is 13.4. The van der Waals surface area contributed by atoms with E-state index in [2.05, 4.69) is 36.2 Å². The van der Waals surface area contributed by atoms with Gasteiger partial charge in [0.2, 0.25) is 11.9 Å². The van der Waals surface area contributed by atoms with Crippen LogP contribution in [0.5, 0.6) is 0 Å². The molecule has 0 fully saturated rings. The first kappa shape index (κ1) is 34.5. The van der Waals surface area contributed by atoms with Crippen molar-refractivity contribution in [2.24, 2.45) is 5.84 Å². The lowest BCUT2D eigenvalue weighted by molar-refractivity contribution is 0.0696. The SMILES string of the molecule is CCn1nc(C)cc1C(=O)Nc1nc2cc(C(=O)O)ccc2n1CCCCn1c(NC(=O)c2cc(C)nn2CC)nc2cc(C(=O)NN)ccc21. The van der Waals surface area contributed by atoms with E-state index in [1.54, 1.807) is 45.8 Å². The molecule has 0 saturated carbocycles. The minimum absolute atomic E-state index is 0.0792. The predicted octanol–water partition coefficient (Wildman–Crippen LogP) is 3.72. The number of aromatic carboxylic acids is 1. The van der Waals surface area contributed by atoms with Gasteiger partial charge in [-0.1, -0.05) is 0 Å². The largest absolute Gasteiger partial charge is 0.478 e. The van der Waals surface area contributed by atoms with Crippen molar-refractivity contribution >= 4 is 57.7 Å². The van der Waals surface area contributed by atoms with Crippen molar-refractivity contribution in [1.29, 1.82) is 0 Å². The molecule has 0 atom stereocenters. The van der Waals surface area contributed by atoms with Crippen LogP contribution in [0.25, 0.3) is 22.1 Å². The summed E-state index contributed by atoms with van der Waals surface area (Å²) in [5.74, 6) is 3.60. The normalized spacial score (nSPS) is 11.3. The van der Waals surface area contributed by atoms with Gasteiger partial charge in [0.1, 0.15) is 11.4 Å². The topological polar surface area (TPSA) is 222 Å². The molecule has 0 unspecified atom stereocenters. The van der Waals surface area contributed by atoms with Gasteiger partial charge in [-0.2, -0.15) is 10.2 Å². The van der Waals surface area contributed by atoms with E-state index in [9.17, 15) is 24.3 Å². The number of aromatic nitrogens is 8. The summed E-state index contributed by atoms with van der Waals surface area (Å²) in [4.78, 5) is 60.0. The molecule has 4 heterocycles. The summed E-state index contributed by atoms with van der Waals surface area (Å²) in [7, 11) is 0. The molecule has 17 heteroatoms. The van der Waals surface area contributed by atoms with Crippen LogP contribution in [0.2, 0.25) is 0 Å². The monoisotopic (exact) mass is 694 g/mol. The summed E-state index contributed by atoms with van der Waals surface area (Å²) < 4.78 is 6.94. The molecule has 6 aromatic rings. The second-order valence-corrected chi connectivity index (χ2v) is 11.9. The number of carbonyl (C=O) groups is 4. The van der Waals surface area contributed by atoms with Gasteiger partial charge in [-0.05, 0) is 89.1 Å². The zero-order chi connectivity index (χ0) is 36.4. The lowest BCUT2D eigenvalue weighted by atomic mass is 10.2. The molecule has 0 aliphatic heterocycles. The van der Waals surface area contributed by atoms with E-state index in [1.165, 1.54) is 12.1 Å². The number of anilines is 2. The fraction of sp³-hybridized carbons (Fsp3) is 0.294. The van der Waals surface area contributed by atoms with Crippen molar-refractivity contribution in [1.82, 2.24) is 44.1 Å². The van der Waals surface area contributed by atoms with Crippen LogP contribution < -0.4 is 21.9 Å².